The van der Waals surface area contributed by atoms with E-state index in [0.717, 1.165) is 0 Å². The van der Waals surface area contributed by atoms with Gasteiger partial charge in [0.15, 0.2) is 0 Å². The maximum atomic E-state index is 11.6. The molecule has 0 saturated heterocycles. The lowest BCUT2D eigenvalue weighted by molar-refractivity contribution is 0.200. The van der Waals surface area contributed by atoms with E-state index in [0.29, 0.717) is 11.3 Å². The van der Waals surface area contributed by atoms with Gasteiger partial charge in [-0.3, -0.25) is 4.57 Å². The van der Waals surface area contributed by atoms with Gasteiger partial charge in [0.1, 0.15) is 12.4 Å². The topological polar surface area (TPSA) is 76.0 Å². The van der Waals surface area contributed by atoms with Crippen molar-refractivity contribution in [3.05, 3.63) is 29.8 Å². The summed E-state index contributed by atoms with van der Waals surface area (Å²) in [6.45, 7) is 1.91. The summed E-state index contributed by atoms with van der Waals surface area (Å²) in [6, 6.07) is 6.91. The Morgan fingerprint density at radius 1 is 1.35 bits per heavy atom. The average Bonchev–Trinajstić information content (AvgIpc) is 2.27. The zero-order valence-electron chi connectivity index (χ0n) is 9.70. The predicted octanol–water partition coefficient (Wildman–Crippen LogP) is 1.78. The average molecular weight is 260 g/mol. The van der Waals surface area contributed by atoms with Gasteiger partial charge in [-0.05, 0) is 13.0 Å². The van der Waals surface area contributed by atoms with Crippen molar-refractivity contribution in [1.29, 1.82) is 0 Å². The van der Waals surface area contributed by atoms with Crippen LogP contribution in [0.25, 0.3) is 0 Å². The highest BCUT2D eigenvalue weighted by Gasteiger charge is 2.21. The van der Waals surface area contributed by atoms with E-state index in [1.54, 1.807) is 31.2 Å². The fraction of sp³-hybridized carbons (Fsp3) is 0.455. The molecule has 0 saturated carbocycles. The maximum Gasteiger partial charge on any atom is 0.332 e. The van der Waals surface area contributed by atoms with Crippen LogP contribution in [0, 0.1) is 0 Å². The largest absolute Gasteiger partial charge is 0.491 e. The van der Waals surface area contributed by atoms with Crippen molar-refractivity contribution in [3.63, 3.8) is 0 Å². The summed E-state index contributed by atoms with van der Waals surface area (Å²) in [5.41, 5.74) is 0.597. The number of hydrogen-bond acceptors (Lipinski definition) is 4. The molecule has 2 N–H and O–H groups in total. The molecule has 17 heavy (non-hydrogen) atoms. The molecular formula is C11H17O5P. The van der Waals surface area contributed by atoms with Gasteiger partial charge in [0, 0.05) is 5.56 Å². The molecule has 0 heterocycles. The van der Waals surface area contributed by atoms with E-state index in [-0.39, 0.29) is 26.0 Å². The van der Waals surface area contributed by atoms with Gasteiger partial charge in [-0.2, -0.15) is 0 Å². The normalized spacial score (nSPS) is 14.3. The third-order valence-corrected chi connectivity index (χ3v) is 3.42. The lowest BCUT2D eigenvalue weighted by atomic mass is 10.2. The molecule has 0 bridgehead atoms. The molecule has 0 radical (unpaired) electrons. The summed E-state index contributed by atoms with van der Waals surface area (Å²) >= 11 is 0. The van der Waals surface area contributed by atoms with Gasteiger partial charge in [-0.15, -0.1) is 0 Å². The van der Waals surface area contributed by atoms with Crippen LogP contribution in [-0.4, -0.2) is 29.8 Å². The van der Waals surface area contributed by atoms with E-state index < -0.39 is 7.60 Å². The second-order valence-corrected chi connectivity index (χ2v) is 5.24. The van der Waals surface area contributed by atoms with Crippen LogP contribution in [0.2, 0.25) is 0 Å². The standard InChI is InChI=1S/C11H17O5P/c1-2-16-17(13,14)9-10-5-3-4-6-11(10)15-8-7-12/h3-6,12H,2,7-9H2,1H3,(H,13,14). The van der Waals surface area contributed by atoms with Gasteiger partial charge in [-0.1, -0.05) is 18.2 Å². The van der Waals surface area contributed by atoms with E-state index >= 15 is 0 Å². The summed E-state index contributed by atoms with van der Waals surface area (Å²) in [7, 11) is -3.62. The van der Waals surface area contributed by atoms with Gasteiger partial charge in [0.2, 0.25) is 0 Å². The molecule has 1 unspecified atom stereocenters. The molecule has 0 aliphatic heterocycles. The summed E-state index contributed by atoms with van der Waals surface area (Å²) in [5.74, 6) is 0.496. The monoisotopic (exact) mass is 260 g/mol. The molecular weight excluding hydrogens is 243 g/mol. The van der Waals surface area contributed by atoms with Gasteiger partial charge in [0.05, 0.1) is 19.4 Å². The molecule has 5 nitrogen and oxygen atoms in total. The molecule has 1 atom stereocenters. The first kappa shape index (κ1) is 14.2. The van der Waals surface area contributed by atoms with Crippen molar-refractivity contribution in [1.82, 2.24) is 0 Å². The number of para-hydroxylation sites is 1. The fourth-order valence-electron chi connectivity index (χ4n) is 1.39. The first-order valence-corrected chi connectivity index (χ1v) is 7.13. The maximum absolute atomic E-state index is 11.6. The quantitative estimate of drug-likeness (QED) is 0.731. The van der Waals surface area contributed by atoms with Crippen LogP contribution in [0.1, 0.15) is 12.5 Å². The van der Waals surface area contributed by atoms with Crippen molar-refractivity contribution in [3.8, 4) is 5.75 Å². The Morgan fingerprint density at radius 2 is 2.06 bits per heavy atom. The van der Waals surface area contributed by atoms with Crippen LogP contribution in [-0.2, 0) is 15.3 Å². The van der Waals surface area contributed by atoms with Gasteiger partial charge >= 0.3 is 7.60 Å². The molecule has 0 amide bonds. The van der Waals surface area contributed by atoms with Crippen molar-refractivity contribution >= 4 is 7.60 Å². The number of aliphatic hydroxyl groups is 1. The highest BCUT2D eigenvalue weighted by atomic mass is 31.2. The lowest BCUT2D eigenvalue weighted by Crippen LogP contribution is -2.04. The smallest absolute Gasteiger partial charge is 0.332 e. The van der Waals surface area contributed by atoms with Gasteiger partial charge in [-0.25, -0.2) is 0 Å². The van der Waals surface area contributed by atoms with Crippen molar-refractivity contribution in [2.75, 3.05) is 19.8 Å². The summed E-state index contributed by atoms with van der Waals surface area (Å²) in [6.07, 6.45) is -0.0948. The fourth-order valence-corrected chi connectivity index (χ4v) is 2.58. The molecule has 0 spiro atoms. The minimum Gasteiger partial charge on any atom is -0.491 e. The van der Waals surface area contributed by atoms with Crippen LogP contribution in [0.4, 0.5) is 0 Å². The van der Waals surface area contributed by atoms with E-state index in [1.165, 1.54) is 0 Å². The van der Waals surface area contributed by atoms with Crippen molar-refractivity contribution < 1.29 is 23.8 Å². The van der Waals surface area contributed by atoms with Crippen LogP contribution < -0.4 is 4.74 Å². The number of hydrogen-bond donors (Lipinski definition) is 2. The Morgan fingerprint density at radius 3 is 2.71 bits per heavy atom. The van der Waals surface area contributed by atoms with Gasteiger partial charge < -0.3 is 19.3 Å². The van der Waals surface area contributed by atoms with E-state index in [9.17, 15) is 9.46 Å². The molecule has 1 aromatic carbocycles. The molecule has 0 aliphatic rings. The van der Waals surface area contributed by atoms with Crippen LogP contribution in [0.15, 0.2) is 24.3 Å². The van der Waals surface area contributed by atoms with Crippen molar-refractivity contribution in [2.45, 2.75) is 13.1 Å². The summed E-state index contributed by atoms with van der Waals surface area (Å²) in [5, 5.41) is 8.68. The Kier molecular flexibility index (Phi) is 5.65. The Labute approximate surface area is 101 Å². The van der Waals surface area contributed by atoms with Crippen molar-refractivity contribution in [2.24, 2.45) is 0 Å². The van der Waals surface area contributed by atoms with E-state index in [1.807, 2.05) is 0 Å². The third-order valence-electron chi connectivity index (χ3n) is 2.02. The van der Waals surface area contributed by atoms with E-state index in [2.05, 4.69) is 0 Å². The summed E-state index contributed by atoms with van der Waals surface area (Å²) < 4.78 is 21.7. The van der Waals surface area contributed by atoms with Gasteiger partial charge in [0.25, 0.3) is 0 Å². The molecule has 1 rings (SSSR count). The highest BCUT2D eigenvalue weighted by Crippen LogP contribution is 2.47. The van der Waals surface area contributed by atoms with Crippen LogP contribution in [0.3, 0.4) is 0 Å². The molecule has 6 heteroatoms. The SMILES string of the molecule is CCOP(=O)(O)Cc1ccccc1OCCO. The number of aliphatic hydroxyl groups excluding tert-OH is 1. The van der Waals surface area contributed by atoms with E-state index in [4.69, 9.17) is 14.4 Å². The second kappa shape index (κ2) is 6.77. The molecule has 0 fully saturated rings. The molecule has 1 aromatic rings. The predicted molar refractivity (Wildman–Crippen MR) is 64.2 cm³/mol. The Bertz CT molecular complexity index is 393. The summed E-state index contributed by atoms with van der Waals surface area (Å²) in [4.78, 5) is 9.55. The molecule has 96 valence electrons. The third kappa shape index (κ3) is 4.88. The number of benzene rings is 1. The second-order valence-electron chi connectivity index (χ2n) is 3.39. The minimum absolute atomic E-state index is 0.0948. The molecule has 0 aliphatic carbocycles. The van der Waals surface area contributed by atoms with Crippen LogP contribution in [0.5, 0.6) is 5.75 Å². The number of ether oxygens (including phenoxy) is 1. The minimum atomic E-state index is -3.62. The zero-order valence-corrected chi connectivity index (χ0v) is 10.6. The number of rotatable bonds is 7. The lowest BCUT2D eigenvalue weighted by Gasteiger charge is -2.14. The highest BCUT2D eigenvalue weighted by molar-refractivity contribution is 7.51. The van der Waals surface area contributed by atoms with Crippen LogP contribution >= 0.6 is 7.60 Å². The molecule has 0 aromatic heterocycles. The first-order valence-electron chi connectivity index (χ1n) is 5.37. The first-order chi connectivity index (χ1) is 8.09. The zero-order chi connectivity index (χ0) is 12.7. The Balaban J connectivity index is 2.79. The Hall–Kier alpha value is -0.870.